The second-order valence-electron chi connectivity index (χ2n) is 3.47. The number of hydrogen-bond donors (Lipinski definition) is 2. The van der Waals surface area contributed by atoms with Crippen LogP contribution in [0, 0.1) is 0 Å². The molecular weight excluding hydrogens is 258 g/mol. The fourth-order valence-electron chi connectivity index (χ4n) is 1.27. The highest BCUT2D eigenvalue weighted by Gasteiger charge is 2.21. The second-order valence-corrected chi connectivity index (χ2v) is 4.45. The third kappa shape index (κ3) is 3.99. The van der Waals surface area contributed by atoms with Crippen LogP contribution in [-0.4, -0.2) is 42.1 Å². The summed E-state index contributed by atoms with van der Waals surface area (Å²) in [7, 11) is 1.42. The molecule has 0 aliphatic rings. The van der Waals surface area contributed by atoms with Crippen molar-refractivity contribution >= 4 is 23.6 Å². The molecule has 0 saturated heterocycles. The second kappa shape index (κ2) is 6.95. The van der Waals surface area contributed by atoms with E-state index in [1.54, 1.807) is 0 Å². The fourth-order valence-corrected chi connectivity index (χ4v) is 1.75. The number of carboxylic acid groups (broad SMARTS) is 1. The van der Waals surface area contributed by atoms with Crippen LogP contribution in [0.1, 0.15) is 17.0 Å². The quantitative estimate of drug-likeness (QED) is 0.776. The first-order valence-corrected chi connectivity index (χ1v) is 6.64. The molecule has 0 aliphatic carbocycles. The van der Waals surface area contributed by atoms with E-state index in [1.165, 1.54) is 31.0 Å². The van der Waals surface area contributed by atoms with E-state index in [4.69, 9.17) is 14.3 Å². The molecule has 6 nitrogen and oxygen atoms in total. The first kappa shape index (κ1) is 14.4. The van der Waals surface area contributed by atoms with Crippen LogP contribution in [0.5, 0.6) is 5.95 Å². The normalized spacial score (nSPS) is 11.9. The molecule has 18 heavy (non-hydrogen) atoms. The molecule has 0 aliphatic heterocycles. The third-order valence-corrected chi connectivity index (χ3v) is 2.86. The van der Waals surface area contributed by atoms with E-state index in [0.29, 0.717) is 12.2 Å². The van der Waals surface area contributed by atoms with Gasteiger partial charge in [0.1, 0.15) is 6.04 Å². The van der Waals surface area contributed by atoms with Crippen LogP contribution in [0.25, 0.3) is 0 Å². The smallest absolute Gasteiger partial charge is 0.326 e. The van der Waals surface area contributed by atoms with Crippen molar-refractivity contribution in [3.63, 3.8) is 0 Å². The van der Waals surface area contributed by atoms with Gasteiger partial charge in [-0.3, -0.25) is 4.79 Å². The summed E-state index contributed by atoms with van der Waals surface area (Å²) < 4.78 is 9.84. The number of ether oxygens (including phenoxy) is 1. The lowest BCUT2D eigenvalue weighted by Gasteiger charge is -2.12. The number of carbonyl (C=O) groups is 2. The number of furan rings is 1. The van der Waals surface area contributed by atoms with Crippen LogP contribution in [-0.2, 0) is 4.79 Å². The lowest BCUT2D eigenvalue weighted by Crippen LogP contribution is -2.41. The molecule has 100 valence electrons. The largest absolute Gasteiger partial charge is 0.480 e. The van der Waals surface area contributed by atoms with Crippen molar-refractivity contribution in [2.24, 2.45) is 0 Å². The summed E-state index contributed by atoms with van der Waals surface area (Å²) in [5, 5.41) is 11.4. The molecule has 1 heterocycles. The molecule has 0 unspecified atom stereocenters. The average Bonchev–Trinajstić information content (AvgIpc) is 2.82. The molecule has 1 aromatic heterocycles. The summed E-state index contributed by atoms with van der Waals surface area (Å²) in [4.78, 5) is 22.7. The minimum Gasteiger partial charge on any atom is -0.480 e. The summed E-state index contributed by atoms with van der Waals surface area (Å²) in [6, 6.07) is 2.01. The number of hydrogen-bond acceptors (Lipinski definition) is 5. The third-order valence-electron chi connectivity index (χ3n) is 2.22. The Bertz CT molecular complexity index is 417. The Morgan fingerprint density at radius 3 is 2.78 bits per heavy atom. The van der Waals surface area contributed by atoms with Gasteiger partial charge in [0, 0.05) is 6.07 Å². The van der Waals surface area contributed by atoms with Gasteiger partial charge in [-0.1, -0.05) is 0 Å². The number of carbonyl (C=O) groups excluding carboxylic acids is 1. The van der Waals surface area contributed by atoms with Gasteiger partial charge in [0.15, 0.2) is 5.76 Å². The Hall–Kier alpha value is -1.63. The van der Waals surface area contributed by atoms with Crippen LogP contribution < -0.4 is 10.1 Å². The van der Waals surface area contributed by atoms with Crippen molar-refractivity contribution in [3.05, 3.63) is 17.9 Å². The van der Waals surface area contributed by atoms with Gasteiger partial charge in [-0.2, -0.15) is 11.8 Å². The highest BCUT2D eigenvalue weighted by Crippen LogP contribution is 2.15. The zero-order valence-electron chi connectivity index (χ0n) is 10.1. The van der Waals surface area contributed by atoms with Crippen molar-refractivity contribution in [1.29, 1.82) is 0 Å². The van der Waals surface area contributed by atoms with Crippen molar-refractivity contribution in [2.75, 3.05) is 19.1 Å². The van der Waals surface area contributed by atoms with Gasteiger partial charge in [0.25, 0.3) is 11.9 Å². The zero-order chi connectivity index (χ0) is 13.5. The lowest BCUT2D eigenvalue weighted by atomic mass is 10.2. The van der Waals surface area contributed by atoms with Crippen LogP contribution in [0.2, 0.25) is 0 Å². The number of nitrogens with one attached hydrogen (secondary N) is 1. The van der Waals surface area contributed by atoms with E-state index >= 15 is 0 Å². The Balaban J connectivity index is 2.62. The summed E-state index contributed by atoms with van der Waals surface area (Å²) >= 11 is 1.52. The first-order valence-electron chi connectivity index (χ1n) is 5.25. The Labute approximate surface area is 109 Å². The van der Waals surface area contributed by atoms with Gasteiger partial charge in [-0.15, -0.1) is 0 Å². The van der Waals surface area contributed by atoms with Gasteiger partial charge in [0.2, 0.25) is 0 Å². The van der Waals surface area contributed by atoms with E-state index in [-0.39, 0.29) is 11.7 Å². The SMILES string of the molecule is COc1ccc(C(=O)N[C@H](CCSC)C(=O)O)o1. The molecule has 1 aromatic rings. The number of thioether (sulfide) groups is 1. The van der Waals surface area contributed by atoms with Crippen LogP contribution in [0.15, 0.2) is 16.5 Å². The standard InChI is InChI=1S/C11H15NO5S/c1-16-9-4-3-8(17-9)10(13)12-7(11(14)15)5-6-18-2/h3-4,7H,5-6H2,1-2H3,(H,12,13)(H,14,15)/t7-/m1/s1. The molecule has 0 aromatic carbocycles. The van der Waals surface area contributed by atoms with Gasteiger partial charge in [0.05, 0.1) is 7.11 Å². The molecule has 0 fully saturated rings. The van der Waals surface area contributed by atoms with Crippen molar-refractivity contribution < 1.29 is 23.8 Å². The summed E-state index contributed by atoms with van der Waals surface area (Å²) in [5.74, 6) is -0.736. The maximum atomic E-state index is 11.7. The predicted molar refractivity (Wildman–Crippen MR) is 67.1 cm³/mol. The van der Waals surface area contributed by atoms with Crippen LogP contribution in [0.3, 0.4) is 0 Å². The molecule has 1 amide bonds. The zero-order valence-corrected chi connectivity index (χ0v) is 11.0. The number of carboxylic acids is 1. The Morgan fingerprint density at radius 2 is 2.28 bits per heavy atom. The summed E-state index contributed by atoms with van der Waals surface area (Å²) in [5.41, 5.74) is 0. The predicted octanol–water partition coefficient (Wildman–Crippen LogP) is 1.22. The fraction of sp³-hybridized carbons (Fsp3) is 0.455. The highest BCUT2D eigenvalue weighted by molar-refractivity contribution is 7.98. The van der Waals surface area contributed by atoms with Crippen LogP contribution in [0.4, 0.5) is 0 Å². The van der Waals surface area contributed by atoms with E-state index in [1.807, 2.05) is 6.26 Å². The minimum absolute atomic E-state index is 0.0299. The number of aliphatic carboxylic acids is 1. The first-order chi connectivity index (χ1) is 8.58. The van der Waals surface area contributed by atoms with E-state index < -0.39 is 17.9 Å². The maximum Gasteiger partial charge on any atom is 0.326 e. The summed E-state index contributed by atoms with van der Waals surface area (Å²) in [6.45, 7) is 0. The Morgan fingerprint density at radius 1 is 1.56 bits per heavy atom. The monoisotopic (exact) mass is 273 g/mol. The minimum atomic E-state index is -1.06. The van der Waals surface area contributed by atoms with Gasteiger partial charge in [-0.05, 0) is 24.5 Å². The maximum absolute atomic E-state index is 11.7. The van der Waals surface area contributed by atoms with E-state index in [2.05, 4.69) is 5.32 Å². The molecule has 0 saturated carbocycles. The highest BCUT2D eigenvalue weighted by atomic mass is 32.2. The Kier molecular flexibility index (Phi) is 5.57. The lowest BCUT2D eigenvalue weighted by molar-refractivity contribution is -0.139. The molecular formula is C11H15NO5S. The molecule has 1 atom stereocenters. The van der Waals surface area contributed by atoms with Gasteiger partial charge < -0.3 is 19.6 Å². The van der Waals surface area contributed by atoms with E-state index in [9.17, 15) is 9.59 Å². The molecule has 1 rings (SSSR count). The van der Waals surface area contributed by atoms with Gasteiger partial charge in [-0.25, -0.2) is 4.79 Å². The van der Waals surface area contributed by atoms with Crippen molar-refractivity contribution in [1.82, 2.24) is 5.32 Å². The molecule has 0 bridgehead atoms. The summed E-state index contributed by atoms with van der Waals surface area (Å²) in [6.07, 6.45) is 2.23. The van der Waals surface area contributed by atoms with Gasteiger partial charge >= 0.3 is 5.97 Å². The average molecular weight is 273 g/mol. The van der Waals surface area contributed by atoms with Crippen LogP contribution >= 0.6 is 11.8 Å². The number of rotatable bonds is 7. The van der Waals surface area contributed by atoms with Crippen molar-refractivity contribution in [3.8, 4) is 5.95 Å². The number of amides is 1. The molecule has 2 N–H and O–H groups in total. The number of methoxy groups -OCH3 is 1. The topological polar surface area (TPSA) is 88.8 Å². The van der Waals surface area contributed by atoms with Crippen molar-refractivity contribution in [2.45, 2.75) is 12.5 Å². The molecule has 0 radical (unpaired) electrons. The molecule has 7 heteroatoms. The molecule has 0 spiro atoms. The van der Waals surface area contributed by atoms with E-state index in [0.717, 1.165) is 0 Å².